The summed E-state index contributed by atoms with van der Waals surface area (Å²) in [4.78, 5) is 0. The second kappa shape index (κ2) is 3.94. The molecule has 0 bridgehead atoms. The summed E-state index contributed by atoms with van der Waals surface area (Å²) in [5, 5.41) is 0. The predicted molar refractivity (Wildman–Crippen MR) is 53.2 cm³/mol. The van der Waals surface area contributed by atoms with Crippen LogP contribution in [0, 0.1) is 0 Å². The fraction of sp³-hybridized carbons (Fsp3) is 0.333. The van der Waals surface area contributed by atoms with Crippen LogP contribution in [0.4, 0.5) is 8.78 Å². The van der Waals surface area contributed by atoms with Crippen LogP contribution >= 0.6 is 15.9 Å². The Morgan fingerprint density at radius 3 is 2.47 bits per heavy atom. The number of benzene rings is 1. The average Bonchev–Trinajstić information content (AvgIpc) is 2.62. The van der Waals surface area contributed by atoms with Gasteiger partial charge < -0.3 is 15.2 Å². The Balaban J connectivity index is 2.40. The van der Waals surface area contributed by atoms with E-state index in [1.54, 1.807) is 6.07 Å². The number of halogens is 3. The van der Waals surface area contributed by atoms with Gasteiger partial charge in [0.05, 0.1) is 6.04 Å². The van der Waals surface area contributed by atoms with E-state index in [0.29, 0.717) is 21.5 Å². The Bertz CT molecular complexity index is 387. The van der Waals surface area contributed by atoms with Gasteiger partial charge in [-0.25, -0.2) is 8.78 Å². The highest BCUT2D eigenvalue weighted by atomic mass is 79.9. The molecule has 6 heteroatoms. The summed E-state index contributed by atoms with van der Waals surface area (Å²) >= 11 is 3.17. The van der Waals surface area contributed by atoms with Crippen LogP contribution in [0.1, 0.15) is 11.6 Å². The van der Waals surface area contributed by atoms with Crippen molar-refractivity contribution in [2.75, 3.05) is 6.79 Å². The molecule has 3 nitrogen and oxygen atoms in total. The van der Waals surface area contributed by atoms with Crippen LogP contribution in [0.2, 0.25) is 0 Å². The molecule has 2 rings (SSSR count). The van der Waals surface area contributed by atoms with E-state index in [1.807, 2.05) is 0 Å². The minimum Gasteiger partial charge on any atom is -0.454 e. The highest BCUT2D eigenvalue weighted by Gasteiger charge is 2.24. The first kappa shape index (κ1) is 10.6. The van der Waals surface area contributed by atoms with E-state index in [4.69, 9.17) is 15.2 Å². The van der Waals surface area contributed by atoms with Crippen molar-refractivity contribution in [1.82, 2.24) is 0 Å². The molecule has 0 aliphatic carbocycles. The molecule has 1 aromatic rings. The quantitative estimate of drug-likeness (QED) is 0.905. The zero-order valence-corrected chi connectivity index (χ0v) is 9.13. The zero-order valence-electron chi connectivity index (χ0n) is 7.54. The van der Waals surface area contributed by atoms with Gasteiger partial charge in [0.15, 0.2) is 11.5 Å². The van der Waals surface area contributed by atoms with Crippen LogP contribution in [-0.2, 0) is 0 Å². The van der Waals surface area contributed by atoms with E-state index in [-0.39, 0.29) is 6.79 Å². The van der Waals surface area contributed by atoms with Gasteiger partial charge in [0.25, 0.3) is 6.43 Å². The summed E-state index contributed by atoms with van der Waals surface area (Å²) < 4.78 is 35.5. The van der Waals surface area contributed by atoms with Crippen molar-refractivity contribution in [3.63, 3.8) is 0 Å². The standard InChI is InChI=1S/C9H8BrF2NO2/c10-5-2-7-6(14-3-15-7)1-4(5)8(13)9(11)12/h1-2,8-9H,3,13H2/t8-/m1/s1. The molecule has 0 fully saturated rings. The number of ether oxygens (including phenoxy) is 2. The molecule has 1 aliphatic rings. The fourth-order valence-electron chi connectivity index (χ4n) is 1.32. The van der Waals surface area contributed by atoms with Gasteiger partial charge in [-0.15, -0.1) is 0 Å². The maximum absolute atomic E-state index is 12.4. The molecule has 2 N–H and O–H groups in total. The maximum Gasteiger partial charge on any atom is 0.257 e. The Kier molecular flexibility index (Phi) is 2.79. The molecule has 0 aromatic heterocycles. The van der Waals surface area contributed by atoms with Crippen LogP contribution in [0.3, 0.4) is 0 Å². The van der Waals surface area contributed by atoms with Crippen molar-refractivity contribution in [1.29, 1.82) is 0 Å². The molecule has 1 atom stereocenters. The molecular weight excluding hydrogens is 272 g/mol. The maximum atomic E-state index is 12.4. The minimum absolute atomic E-state index is 0.106. The molecule has 15 heavy (non-hydrogen) atoms. The lowest BCUT2D eigenvalue weighted by Gasteiger charge is -2.13. The van der Waals surface area contributed by atoms with E-state index < -0.39 is 12.5 Å². The SMILES string of the molecule is N[C@H](c1cc2c(cc1Br)OCO2)C(F)F. The lowest BCUT2D eigenvalue weighted by Crippen LogP contribution is -2.19. The predicted octanol–water partition coefficient (Wildman–Crippen LogP) is 2.44. The largest absolute Gasteiger partial charge is 0.454 e. The topological polar surface area (TPSA) is 44.5 Å². The Labute approximate surface area is 93.3 Å². The number of hydrogen-bond acceptors (Lipinski definition) is 3. The molecule has 0 spiro atoms. The summed E-state index contributed by atoms with van der Waals surface area (Å²) in [6.45, 7) is 0.106. The smallest absolute Gasteiger partial charge is 0.257 e. The van der Waals surface area contributed by atoms with Crippen molar-refractivity contribution in [3.05, 3.63) is 22.2 Å². The monoisotopic (exact) mass is 279 g/mol. The second-order valence-corrected chi connectivity index (χ2v) is 3.94. The third kappa shape index (κ3) is 1.91. The lowest BCUT2D eigenvalue weighted by molar-refractivity contribution is 0.116. The highest BCUT2D eigenvalue weighted by Crippen LogP contribution is 2.39. The molecule has 1 aromatic carbocycles. The fourth-order valence-corrected chi connectivity index (χ4v) is 1.91. The highest BCUT2D eigenvalue weighted by molar-refractivity contribution is 9.10. The van der Waals surface area contributed by atoms with Gasteiger partial charge in [-0.05, 0) is 17.7 Å². The van der Waals surface area contributed by atoms with Crippen LogP contribution in [0.25, 0.3) is 0 Å². The van der Waals surface area contributed by atoms with Crippen molar-refractivity contribution in [3.8, 4) is 11.5 Å². The van der Waals surface area contributed by atoms with E-state index >= 15 is 0 Å². The van der Waals surface area contributed by atoms with Crippen LogP contribution in [0.5, 0.6) is 11.5 Å². The summed E-state index contributed by atoms with van der Waals surface area (Å²) in [5.74, 6) is 0.983. The molecule has 0 amide bonds. The first-order chi connectivity index (χ1) is 7.09. The summed E-state index contributed by atoms with van der Waals surface area (Å²) in [5.41, 5.74) is 5.67. The van der Waals surface area contributed by atoms with E-state index in [1.165, 1.54) is 6.07 Å². The summed E-state index contributed by atoms with van der Waals surface area (Å²) in [6, 6.07) is 1.73. The van der Waals surface area contributed by atoms with Crippen molar-refractivity contribution >= 4 is 15.9 Å². The Morgan fingerprint density at radius 1 is 1.27 bits per heavy atom. The first-order valence-corrected chi connectivity index (χ1v) is 5.01. The Hall–Kier alpha value is -0.880. The molecular formula is C9H8BrF2NO2. The van der Waals surface area contributed by atoms with Gasteiger partial charge in [-0.3, -0.25) is 0 Å². The lowest BCUT2D eigenvalue weighted by atomic mass is 10.1. The van der Waals surface area contributed by atoms with Crippen molar-refractivity contribution in [2.24, 2.45) is 5.73 Å². The van der Waals surface area contributed by atoms with Crippen LogP contribution in [0.15, 0.2) is 16.6 Å². The van der Waals surface area contributed by atoms with Crippen molar-refractivity contribution in [2.45, 2.75) is 12.5 Å². The summed E-state index contributed by atoms with van der Waals surface area (Å²) in [7, 11) is 0. The number of rotatable bonds is 2. The van der Waals surface area contributed by atoms with Crippen LogP contribution in [-0.4, -0.2) is 13.2 Å². The molecule has 0 saturated carbocycles. The molecule has 0 radical (unpaired) electrons. The van der Waals surface area contributed by atoms with E-state index in [2.05, 4.69) is 15.9 Å². The summed E-state index contributed by atoms with van der Waals surface area (Å²) in [6.07, 6.45) is -2.61. The minimum atomic E-state index is -2.61. The second-order valence-electron chi connectivity index (χ2n) is 3.09. The van der Waals surface area contributed by atoms with Gasteiger partial charge >= 0.3 is 0 Å². The molecule has 1 aliphatic heterocycles. The number of nitrogens with two attached hydrogens (primary N) is 1. The molecule has 1 heterocycles. The number of hydrogen-bond donors (Lipinski definition) is 1. The zero-order chi connectivity index (χ0) is 11.0. The molecule has 0 unspecified atom stereocenters. The van der Waals surface area contributed by atoms with Gasteiger partial charge in [0.2, 0.25) is 6.79 Å². The van der Waals surface area contributed by atoms with E-state index in [9.17, 15) is 8.78 Å². The molecule has 0 saturated heterocycles. The van der Waals surface area contributed by atoms with Crippen LogP contribution < -0.4 is 15.2 Å². The van der Waals surface area contributed by atoms with Gasteiger partial charge in [0.1, 0.15) is 0 Å². The number of fused-ring (bicyclic) bond motifs is 1. The number of alkyl halides is 2. The molecule has 82 valence electrons. The third-order valence-electron chi connectivity index (χ3n) is 2.12. The Morgan fingerprint density at radius 2 is 1.87 bits per heavy atom. The van der Waals surface area contributed by atoms with Crippen molar-refractivity contribution < 1.29 is 18.3 Å². The van der Waals surface area contributed by atoms with E-state index in [0.717, 1.165) is 0 Å². The van der Waals surface area contributed by atoms with Gasteiger partial charge in [-0.2, -0.15) is 0 Å². The average molecular weight is 280 g/mol. The normalized spacial score (nSPS) is 15.8. The third-order valence-corrected chi connectivity index (χ3v) is 2.81. The first-order valence-electron chi connectivity index (χ1n) is 4.22. The van der Waals surface area contributed by atoms with Gasteiger partial charge in [0, 0.05) is 4.47 Å². The van der Waals surface area contributed by atoms with Gasteiger partial charge in [-0.1, -0.05) is 15.9 Å².